The predicted molar refractivity (Wildman–Crippen MR) is 69.7 cm³/mol. The van der Waals surface area contributed by atoms with Crippen LogP contribution in [0.4, 0.5) is 14.5 Å². The van der Waals surface area contributed by atoms with Crippen LogP contribution in [0.5, 0.6) is 0 Å². The van der Waals surface area contributed by atoms with Gasteiger partial charge in [0, 0.05) is 19.3 Å². The first kappa shape index (κ1) is 14.4. The van der Waals surface area contributed by atoms with E-state index in [1.807, 2.05) is 0 Å². The molecule has 0 unspecified atom stereocenters. The van der Waals surface area contributed by atoms with E-state index in [2.05, 4.69) is 21.2 Å². The Kier molecular flexibility index (Phi) is 4.17. The fourth-order valence-electron chi connectivity index (χ4n) is 1.83. The number of amides is 1. The maximum Gasteiger partial charge on any atom is 0.244 e. The molecule has 2 rings (SSSR count). The van der Waals surface area contributed by atoms with Crippen LogP contribution in [0.3, 0.4) is 0 Å². The summed E-state index contributed by atoms with van der Waals surface area (Å²) in [6, 6.07) is 1.87. The first-order valence-corrected chi connectivity index (χ1v) is 6.54. The van der Waals surface area contributed by atoms with Crippen molar-refractivity contribution in [2.75, 3.05) is 18.5 Å². The Morgan fingerprint density at radius 3 is 2.58 bits per heavy atom. The van der Waals surface area contributed by atoms with E-state index in [-0.39, 0.29) is 10.2 Å². The molecule has 0 aromatic heterocycles. The van der Waals surface area contributed by atoms with E-state index in [0.29, 0.717) is 32.1 Å². The highest BCUT2D eigenvalue weighted by Gasteiger charge is 2.36. The van der Waals surface area contributed by atoms with Gasteiger partial charge < -0.3 is 15.8 Å². The molecule has 1 amide bonds. The van der Waals surface area contributed by atoms with E-state index in [1.165, 1.54) is 6.07 Å². The fraction of sp³-hybridized carbons (Fsp3) is 0.417. The van der Waals surface area contributed by atoms with Gasteiger partial charge in [-0.2, -0.15) is 0 Å². The summed E-state index contributed by atoms with van der Waals surface area (Å²) in [5.41, 5.74) is 4.79. The largest absolute Gasteiger partial charge is 0.381 e. The Hall–Kier alpha value is -1.05. The van der Waals surface area contributed by atoms with E-state index in [0.717, 1.165) is 0 Å². The molecule has 0 radical (unpaired) electrons. The molecule has 0 spiro atoms. The van der Waals surface area contributed by atoms with Crippen molar-refractivity contribution < 1.29 is 18.3 Å². The topological polar surface area (TPSA) is 64.4 Å². The SMILES string of the molecule is NC1(C(=O)Nc2cc(Br)c(F)cc2F)CCOCC1. The Labute approximate surface area is 117 Å². The third-order valence-electron chi connectivity index (χ3n) is 3.10. The number of benzene rings is 1. The van der Waals surface area contributed by atoms with Crippen molar-refractivity contribution in [3.63, 3.8) is 0 Å². The molecule has 1 aromatic rings. The average molecular weight is 335 g/mol. The predicted octanol–water partition coefficient (Wildman–Crippen LogP) is 2.17. The summed E-state index contributed by atoms with van der Waals surface area (Å²) in [6.07, 6.45) is 0.728. The van der Waals surface area contributed by atoms with Gasteiger partial charge in [-0.3, -0.25) is 4.79 Å². The Morgan fingerprint density at radius 2 is 1.95 bits per heavy atom. The second-order valence-corrected chi connectivity index (χ2v) is 5.32. The van der Waals surface area contributed by atoms with Crippen molar-refractivity contribution in [2.24, 2.45) is 5.73 Å². The van der Waals surface area contributed by atoms with Gasteiger partial charge in [-0.05, 0) is 34.8 Å². The molecule has 19 heavy (non-hydrogen) atoms. The first-order valence-electron chi connectivity index (χ1n) is 5.75. The molecule has 0 saturated carbocycles. The van der Waals surface area contributed by atoms with Crippen molar-refractivity contribution in [1.29, 1.82) is 0 Å². The number of anilines is 1. The average Bonchev–Trinajstić information content (AvgIpc) is 2.36. The molecule has 7 heteroatoms. The van der Waals surface area contributed by atoms with Gasteiger partial charge in [0.05, 0.1) is 10.2 Å². The zero-order chi connectivity index (χ0) is 14.0. The summed E-state index contributed by atoms with van der Waals surface area (Å²) in [4.78, 5) is 12.1. The van der Waals surface area contributed by atoms with Crippen LogP contribution in [0, 0.1) is 11.6 Å². The lowest BCUT2D eigenvalue weighted by molar-refractivity contribution is -0.124. The van der Waals surface area contributed by atoms with E-state index in [9.17, 15) is 13.6 Å². The molecular formula is C12H13BrF2N2O2. The molecule has 1 aromatic carbocycles. The second-order valence-electron chi connectivity index (χ2n) is 4.47. The Morgan fingerprint density at radius 1 is 1.32 bits per heavy atom. The fourth-order valence-corrected chi connectivity index (χ4v) is 2.17. The minimum absolute atomic E-state index is 0.0715. The quantitative estimate of drug-likeness (QED) is 0.815. The van der Waals surface area contributed by atoms with Crippen LogP contribution in [0.2, 0.25) is 0 Å². The molecule has 0 aliphatic carbocycles. The van der Waals surface area contributed by atoms with E-state index in [1.54, 1.807) is 0 Å². The zero-order valence-corrected chi connectivity index (χ0v) is 11.6. The van der Waals surface area contributed by atoms with Crippen molar-refractivity contribution in [3.05, 3.63) is 28.2 Å². The smallest absolute Gasteiger partial charge is 0.244 e. The number of nitrogens with two attached hydrogens (primary N) is 1. The van der Waals surface area contributed by atoms with Gasteiger partial charge in [-0.15, -0.1) is 0 Å². The van der Waals surface area contributed by atoms with Crippen molar-refractivity contribution in [3.8, 4) is 0 Å². The van der Waals surface area contributed by atoms with E-state index in [4.69, 9.17) is 10.5 Å². The Balaban J connectivity index is 2.16. The summed E-state index contributed by atoms with van der Waals surface area (Å²) in [5.74, 6) is -2.07. The third-order valence-corrected chi connectivity index (χ3v) is 3.70. The molecule has 1 fully saturated rings. The summed E-state index contributed by atoms with van der Waals surface area (Å²) in [5, 5.41) is 2.40. The van der Waals surface area contributed by atoms with Crippen LogP contribution in [0.1, 0.15) is 12.8 Å². The second kappa shape index (κ2) is 5.52. The van der Waals surface area contributed by atoms with Crippen LogP contribution >= 0.6 is 15.9 Å². The third kappa shape index (κ3) is 3.10. The number of ether oxygens (including phenoxy) is 1. The minimum atomic E-state index is -1.08. The highest BCUT2D eigenvalue weighted by molar-refractivity contribution is 9.10. The van der Waals surface area contributed by atoms with Gasteiger partial charge in [0.15, 0.2) is 0 Å². The number of hydrogen-bond acceptors (Lipinski definition) is 3. The summed E-state index contributed by atoms with van der Waals surface area (Å²) in [7, 11) is 0. The molecule has 1 heterocycles. The van der Waals surface area contributed by atoms with E-state index < -0.39 is 23.1 Å². The lowest BCUT2D eigenvalue weighted by Crippen LogP contribution is -2.54. The number of carbonyl (C=O) groups excluding carboxylic acids is 1. The summed E-state index contributed by atoms with van der Waals surface area (Å²) in [6.45, 7) is 0.777. The lowest BCUT2D eigenvalue weighted by atomic mass is 9.90. The van der Waals surface area contributed by atoms with Crippen molar-refractivity contribution in [2.45, 2.75) is 18.4 Å². The van der Waals surface area contributed by atoms with Gasteiger partial charge in [-0.1, -0.05) is 0 Å². The van der Waals surface area contributed by atoms with Crippen LogP contribution < -0.4 is 11.1 Å². The van der Waals surface area contributed by atoms with Crippen LogP contribution in [-0.4, -0.2) is 24.7 Å². The number of nitrogens with one attached hydrogen (secondary N) is 1. The van der Waals surface area contributed by atoms with Gasteiger partial charge in [-0.25, -0.2) is 8.78 Å². The molecular weight excluding hydrogens is 322 g/mol. The Bertz CT molecular complexity index is 505. The first-order chi connectivity index (χ1) is 8.92. The number of rotatable bonds is 2. The molecule has 3 N–H and O–H groups in total. The highest BCUT2D eigenvalue weighted by Crippen LogP contribution is 2.26. The maximum absolute atomic E-state index is 13.5. The molecule has 1 aliphatic heterocycles. The van der Waals surface area contributed by atoms with Gasteiger partial charge in [0.25, 0.3) is 0 Å². The summed E-state index contributed by atoms with van der Waals surface area (Å²) >= 11 is 2.94. The number of carbonyl (C=O) groups is 1. The molecule has 1 saturated heterocycles. The van der Waals surface area contributed by atoms with Gasteiger partial charge in [0.2, 0.25) is 5.91 Å². The normalized spacial score (nSPS) is 18.1. The maximum atomic E-state index is 13.5. The van der Waals surface area contributed by atoms with Crippen LogP contribution in [0.15, 0.2) is 16.6 Å². The van der Waals surface area contributed by atoms with Gasteiger partial charge in [0.1, 0.15) is 17.2 Å². The molecule has 1 aliphatic rings. The monoisotopic (exact) mass is 334 g/mol. The molecule has 0 atom stereocenters. The highest BCUT2D eigenvalue weighted by atomic mass is 79.9. The number of hydrogen-bond donors (Lipinski definition) is 2. The van der Waals surface area contributed by atoms with Gasteiger partial charge >= 0.3 is 0 Å². The van der Waals surface area contributed by atoms with Crippen LogP contribution in [-0.2, 0) is 9.53 Å². The molecule has 0 bridgehead atoms. The molecule has 4 nitrogen and oxygen atoms in total. The van der Waals surface area contributed by atoms with Crippen molar-refractivity contribution >= 4 is 27.5 Å². The number of halogens is 3. The molecule has 104 valence electrons. The zero-order valence-electron chi connectivity index (χ0n) is 10.0. The summed E-state index contributed by atoms with van der Waals surface area (Å²) < 4.78 is 31.8. The van der Waals surface area contributed by atoms with Crippen LogP contribution in [0.25, 0.3) is 0 Å². The van der Waals surface area contributed by atoms with Crippen molar-refractivity contribution in [1.82, 2.24) is 0 Å². The standard InChI is InChI=1S/C12H13BrF2N2O2/c13-7-5-10(9(15)6-8(7)14)17-11(18)12(16)1-3-19-4-2-12/h5-6H,1-4,16H2,(H,17,18). The van der Waals surface area contributed by atoms with E-state index >= 15 is 0 Å². The lowest BCUT2D eigenvalue weighted by Gasteiger charge is -2.31. The minimum Gasteiger partial charge on any atom is -0.381 e.